The van der Waals surface area contributed by atoms with Gasteiger partial charge in [0.15, 0.2) is 0 Å². The van der Waals surface area contributed by atoms with Crippen molar-refractivity contribution in [1.82, 2.24) is 4.90 Å². The third-order valence-corrected chi connectivity index (χ3v) is 2.81. The van der Waals surface area contributed by atoms with Crippen molar-refractivity contribution in [2.24, 2.45) is 0 Å². The van der Waals surface area contributed by atoms with Crippen molar-refractivity contribution in [2.75, 3.05) is 0 Å². The number of hydrogen-bond donors (Lipinski definition) is 0. The van der Waals surface area contributed by atoms with Crippen LogP contribution in [0.15, 0.2) is 43.0 Å². The first-order valence-electron chi connectivity index (χ1n) is 5.36. The number of rotatable bonds is 2. The van der Waals surface area contributed by atoms with Crippen molar-refractivity contribution < 1.29 is 14.3 Å². The first kappa shape index (κ1) is 11.4. The van der Waals surface area contributed by atoms with Crippen LogP contribution in [0.3, 0.4) is 0 Å². The second kappa shape index (κ2) is 4.41. The molecule has 2 unspecified atom stereocenters. The number of amides is 2. The predicted octanol–water partition coefficient (Wildman–Crippen LogP) is 2.28. The maximum absolute atomic E-state index is 11.6. The van der Waals surface area contributed by atoms with Gasteiger partial charge in [0.25, 0.3) is 5.91 Å². The van der Waals surface area contributed by atoms with Gasteiger partial charge in [-0.25, -0.2) is 9.69 Å². The Morgan fingerprint density at radius 2 is 2.06 bits per heavy atom. The molecule has 2 atom stereocenters. The molecule has 88 valence electrons. The van der Waals surface area contributed by atoms with Gasteiger partial charge < -0.3 is 4.74 Å². The van der Waals surface area contributed by atoms with Gasteiger partial charge in [-0.15, -0.1) is 0 Å². The average molecular weight is 231 g/mol. The normalized spacial score (nSPS) is 23.4. The zero-order valence-corrected chi connectivity index (χ0v) is 9.50. The molecular formula is C13H13NO3. The van der Waals surface area contributed by atoms with Crippen molar-refractivity contribution in [1.29, 1.82) is 0 Å². The number of carbonyl (C=O) groups is 2. The van der Waals surface area contributed by atoms with Crippen LogP contribution in [0.5, 0.6) is 0 Å². The number of benzene rings is 1. The van der Waals surface area contributed by atoms with E-state index in [1.165, 1.54) is 0 Å². The Morgan fingerprint density at radius 1 is 1.41 bits per heavy atom. The third-order valence-electron chi connectivity index (χ3n) is 2.81. The van der Waals surface area contributed by atoms with E-state index >= 15 is 0 Å². The van der Waals surface area contributed by atoms with E-state index in [9.17, 15) is 9.59 Å². The van der Waals surface area contributed by atoms with Crippen molar-refractivity contribution in [3.8, 4) is 0 Å². The minimum atomic E-state index is -0.615. The Hall–Kier alpha value is -2.10. The molecule has 0 aromatic heterocycles. The second-order valence-corrected chi connectivity index (χ2v) is 3.87. The summed E-state index contributed by atoms with van der Waals surface area (Å²) in [6.45, 7) is 5.15. The molecule has 1 fully saturated rings. The Kier molecular flexibility index (Phi) is 2.95. The van der Waals surface area contributed by atoms with E-state index in [4.69, 9.17) is 4.74 Å². The van der Waals surface area contributed by atoms with Gasteiger partial charge in [0.05, 0.1) is 6.04 Å². The highest BCUT2D eigenvalue weighted by Crippen LogP contribution is 2.32. The lowest BCUT2D eigenvalue weighted by Crippen LogP contribution is -2.36. The number of carbonyl (C=O) groups excluding carboxylic acids is 2. The number of cyclic esters (lactones) is 1. The van der Waals surface area contributed by atoms with E-state index in [1.807, 2.05) is 30.3 Å². The average Bonchev–Trinajstić information content (AvgIpc) is 2.65. The molecule has 0 spiro atoms. The molecular weight excluding hydrogens is 218 g/mol. The summed E-state index contributed by atoms with van der Waals surface area (Å²) in [6.07, 6.45) is 0.0920. The molecule has 0 aliphatic carbocycles. The second-order valence-electron chi connectivity index (χ2n) is 3.87. The van der Waals surface area contributed by atoms with Gasteiger partial charge in [-0.1, -0.05) is 36.9 Å². The summed E-state index contributed by atoms with van der Waals surface area (Å²) in [5.74, 6) is -0.430. The monoisotopic (exact) mass is 231 g/mol. The van der Waals surface area contributed by atoms with Crippen LogP contribution < -0.4 is 0 Å². The van der Waals surface area contributed by atoms with Crippen LogP contribution >= 0.6 is 0 Å². The Balaban J connectivity index is 2.27. The third kappa shape index (κ3) is 1.93. The van der Waals surface area contributed by atoms with E-state index in [0.717, 1.165) is 16.5 Å². The van der Waals surface area contributed by atoms with Gasteiger partial charge in [0.1, 0.15) is 6.10 Å². The van der Waals surface area contributed by atoms with E-state index in [1.54, 1.807) is 6.92 Å². The highest BCUT2D eigenvalue weighted by molar-refractivity contribution is 5.99. The zero-order valence-electron chi connectivity index (χ0n) is 9.50. The van der Waals surface area contributed by atoms with Crippen molar-refractivity contribution in [3.63, 3.8) is 0 Å². The van der Waals surface area contributed by atoms with E-state index in [0.29, 0.717) is 0 Å². The van der Waals surface area contributed by atoms with Crippen LogP contribution in [0.1, 0.15) is 18.6 Å². The molecule has 2 amide bonds. The first-order valence-corrected chi connectivity index (χ1v) is 5.36. The van der Waals surface area contributed by atoms with E-state index in [2.05, 4.69) is 6.58 Å². The molecule has 1 aromatic rings. The van der Waals surface area contributed by atoms with Crippen LogP contribution in [-0.2, 0) is 9.53 Å². The summed E-state index contributed by atoms with van der Waals surface area (Å²) < 4.78 is 5.21. The molecule has 2 rings (SSSR count). The fourth-order valence-electron chi connectivity index (χ4n) is 1.94. The summed E-state index contributed by atoms with van der Waals surface area (Å²) in [4.78, 5) is 24.2. The molecule has 0 radical (unpaired) electrons. The fraction of sp³-hybridized carbons (Fsp3) is 0.231. The van der Waals surface area contributed by atoms with Gasteiger partial charge in [-0.2, -0.15) is 0 Å². The lowest BCUT2D eigenvalue weighted by Gasteiger charge is -2.17. The van der Waals surface area contributed by atoms with Crippen LogP contribution in [0.25, 0.3) is 0 Å². The maximum Gasteiger partial charge on any atom is 0.417 e. The van der Waals surface area contributed by atoms with Gasteiger partial charge in [-0.3, -0.25) is 4.79 Å². The fourth-order valence-corrected chi connectivity index (χ4v) is 1.94. The minimum absolute atomic E-state index is 0.324. The van der Waals surface area contributed by atoms with Crippen LogP contribution in [0.2, 0.25) is 0 Å². The van der Waals surface area contributed by atoms with Gasteiger partial charge >= 0.3 is 6.09 Å². The van der Waals surface area contributed by atoms with Crippen LogP contribution in [0, 0.1) is 0 Å². The Bertz CT molecular complexity index is 455. The largest absolute Gasteiger partial charge is 0.439 e. The minimum Gasteiger partial charge on any atom is -0.439 e. The van der Waals surface area contributed by atoms with Gasteiger partial charge in [-0.05, 0) is 18.6 Å². The highest BCUT2D eigenvalue weighted by Gasteiger charge is 2.42. The lowest BCUT2D eigenvalue weighted by molar-refractivity contribution is -0.124. The molecule has 0 N–H and O–H groups in total. The Labute approximate surface area is 99.5 Å². The highest BCUT2D eigenvalue weighted by atomic mass is 16.6. The number of hydrogen-bond acceptors (Lipinski definition) is 3. The molecule has 17 heavy (non-hydrogen) atoms. The topological polar surface area (TPSA) is 46.6 Å². The molecule has 1 aliphatic heterocycles. The smallest absolute Gasteiger partial charge is 0.417 e. The molecule has 1 aromatic carbocycles. The summed E-state index contributed by atoms with van der Waals surface area (Å²) in [7, 11) is 0. The number of ether oxygens (including phenoxy) is 1. The summed E-state index contributed by atoms with van der Waals surface area (Å²) in [5, 5.41) is 0. The molecule has 1 saturated heterocycles. The van der Waals surface area contributed by atoms with Crippen LogP contribution in [-0.4, -0.2) is 22.9 Å². The van der Waals surface area contributed by atoms with E-state index < -0.39 is 18.1 Å². The van der Waals surface area contributed by atoms with Crippen molar-refractivity contribution in [3.05, 3.63) is 48.6 Å². The summed E-state index contributed by atoms with van der Waals surface area (Å²) >= 11 is 0. The zero-order chi connectivity index (χ0) is 12.4. The molecule has 4 heteroatoms. The molecule has 1 aliphatic rings. The van der Waals surface area contributed by atoms with Gasteiger partial charge in [0, 0.05) is 0 Å². The maximum atomic E-state index is 11.6. The van der Waals surface area contributed by atoms with Crippen LogP contribution in [0.4, 0.5) is 4.79 Å². The molecule has 0 bridgehead atoms. The molecule has 1 heterocycles. The van der Waals surface area contributed by atoms with E-state index in [-0.39, 0.29) is 6.04 Å². The standard InChI is InChI=1S/C13H13NO3/c1-3-11(15)14-9(2)12(17-13(14)16)10-7-5-4-6-8-10/h3-9,12H,1H2,2H3. The molecule has 0 saturated carbocycles. The summed E-state index contributed by atoms with van der Waals surface area (Å²) in [6, 6.07) is 9.04. The lowest BCUT2D eigenvalue weighted by atomic mass is 10.0. The van der Waals surface area contributed by atoms with Crippen molar-refractivity contribution >= 4 is 12.0 Å². The van der Waals surface area contributed by atoms with Crippen molar-refractivity contribution in [2.45, 2.75) is 19.1 Å². The number of imide groups is 1. The SMILES string of the molecule is C=CC(=O)N1C(=O)OC(c2ccccc2)C1C. The predicted molar refractivity (Wildman–Crippen MR) is 62.2 cm³/mol. The Morgan fingerprint density at radius 3 is 2.65 bits per heavy atom. The van der Waals surface area contributed by atoms with Gasteiger partial charge in [0.2, 0.25) is 0 Å². The quantitative estimate of drug-likeness (QED) is 0.733. The number of nitrogens with zero attached hydrogens (tertiary/aromatic N) is 1. The molecule has 4 nitrogen and oxygen atoms in total. The summed E-state index contributed by atoms with van der Waals surface area (Å²) in [5.41, 5.74) is 0.882. The first-order chi connectivity index (χ1) is 8.15.